The van der Waals surface area contributed by atoms with Gasteiger partial charge in [-0.1, -0.05) is 48.5 Å². The van der Waals surface area contributed by atoms with Crippen LogP contribution in [0.4, 0.5) is 13.2 Å². The van der Waals surface area contributed by atoms with E-state index < -0.39 is 11.6 Å². The topological polar surface area (TPSA) is 9.23 Å². The Bertz CT molecular complexity index is 1070. The molecule has 0 amide bonds. The van der Waals surface area contributed by atoms with Crippen LogP contribution < -0.4 is 0 Å². The lowest BCUT2D eigenvalue weighted by Crippen LogP contribution is -2.18. The molecule has 3 aromatic rings. The van der Waals surface area contributed by atoms with Crippen molar-refractivity contribution in [3.05, 3.63) is 83.2 Å². The number of benzene rings is 3. The van der Waals surface area contributed by atoms with Gasteiger partial charge in [-0.3, -0.25) is 0 Å². The fourth-order valence-corrected chi connectivity index (χ4v) is 4.66. The van der Waals surface area contributed by atoms with Crippen molar-refractivity contribution in [1.82, 2.24) is 0 Å². The van der Waals surface area contributed by atoms with E-state index in [1.807, 2.05) is 19.1 Å². The first-order valence-corrected chi connectivity index (χ1v) is 11.4. The fraction of sp³-hybridized carbons (Fsp3) is 0.357. The second-order valence-corrected chi connectivity index (χ2v) is 8.75. The van der Waals surface area contributed by atoms with Gasteiger partial charge < -0.3 is 4.74 Å². The molecule has 0 spiro atoms. The zero-order valence-electron chi connectivity index (χ0n) is 18.6. The summed E-state index contributed by atoms with van der Waals surface area (Å²) >= 11 is 0. The zero-order valence-corrected chi connectivity index (χ0v) is 18.6. The molecule has 32 heavy (non-hydrogen) atoms. The summed E-state index contributed by atoms with van der Waals surface area (Å²) in [6.45, 7) is 5.13. The van der Waals surface area contributed by atoms with Crippen LogP contribution in [-0.4, -0.2) is 13.2 Å². The third kappa shape index (κ3) is 4.75. The van der Waals surface area contributed by atoms with Crippen LogP contribution in [0.25, 0.3) is 22.3 Å². The van der Waals surface area contributed by atoms with E-state index >= 15 is 0 Å². The van der Waals surface area contributed by atoms with Crippen LogP contribution in [0.5, 0.6) is 0 Å². The highest BCUT2D eigenvalue weighted by Crippen LogP contribution is 2.37. The summed E-state index contributed by atoms with van der Waals surface area (Å²) < 4.78 is 48.8. The van der Waals surface area contributed by atoms with Gasteiger partial charge in [0.25, 0.3) is 0 Å². The van der Waals surface area contributed by atoms with Gasteiger partial charge in [0, 0.05) is 24.3 Å². The van der Waals surface area contributed by atoms with Gasteiger partial charge in [0.05, 0.1) is 0 Å². The van der Waals surface area contributed by atoms with Crippen molar-refractivity contribution in [2.45, 2.75) is 45.4 Å². The Balaban J connectivity index is 1.49. The average Bonchev–Trinajstić information content (AvgIpc) is 2.82. The van der Waals surface area contributed by atoms with Gasteiger partial charge in [-0.15, -0.1) is 0 Å². The molecule has 168 valence electrons. The number of ether oxygens (including phenoxy) is 1. The highest BCUT2D eigenvalue weighted by molar-refractivity contribution is 5.71. The van der Waals surface area contributed by atoms with Gasteiger partial charge in [0.2, 0.25) is 0 Å². The average molecular weight is 439 g/mol. The van der Waals surface area contributed by atoms with Gasteiger partial charge in [0.1, 0.15) is 5.82 Å². The Morgan fingerprint density at radius 3 is 2.03 bits per heavy atom. The van der Waals surface area contributed by atoms with E-state index in [1.165, 1.54) is 6.92 Å². The summed E-state index contributed by atoms with van der Waals surface area (Å²) in [5.74, 6) is -0.942. The van der Waals surface area contributed by atoms with E-state index in [2.05, 4.69) is 0 Å². The Labute approximate surface area is 188 Å². The van der Waals surface area contributed by atoms with Crippen molar-refractivity contribution < 1.29 is 17.9 Å². The predicted molar refractivity (Wildman–Crippen MR) is 123 cm³/mol. The number of halogens is 3. The summed E-state index contributed by atoms with van der Waals surface area (Å²) in [7, 11) is 0. The van der Waals surface area contributed by atoms with E-state index in [1.54, 1.807) is 42.5 Å². The quantitative estimate of drug-likeness (QED) is 0.378. The van der Waals surface area contributed by atoms with Crippen LogP contribution in [0.1, 0.15) is 49.7 Å². The van der Waals surface area contributed by atoms with E-state index in [0.29, 0.717) is 28.5 Å². The molecule has 0 N–H and O–H groups in total. The Morgan fingerprint density at radius 2 is 1.41 bits per heavy atom. The molecule has 0 aliphatic heterocycles. The highest BCUT2D eigenvalue weighted by atomic mass is 19.2. The molecule has 1 fully saturated rings. The fourth-order valence-electron chi connectivity index (χ4n) is 4.66. The Hall–Kier alpha value is -2.59. The molecule has 4 heteroatoms. The molecule has 3 aromatic carbocycles. The summed E-state index contributed by atoms with van der Waals surface area (Å²) in [5, 5.41) is 0. The highest BCUT2D eigenvalue weighted by Gasteiger charge is 2.23. The van der Waals surface area contributed by atoms with Gasteiger partial charge in [-0.25, -0.2) is 13.2 Å². The van der Waals surface area contributed by atoms with E-state index in [4.69, 9.17) is 4.74 Å². The minimum atomic E-state index is -0.857. The third-order valence-corrected chi connectivity index (χ3v) is 6.65. The molecular formula is C28H29F3O. The molecule has 0 heterocycles. The lowest BCUT2D eigenvalue weighted by atomic mass is 9.78. The van der Waals surface area contributed by atoms with Crippen molar-refractivity contribution in [2.75, 3.05) is 13.2 Å². The van der Waals surface area contributed by atoms with Crippen LogP contribution in [-0.2, 0) is 4.74 Å². The molecule has 1 aliphatic rings. The summed E-state index contributed by atoms with van der Waals surface area (Å²) in [5.41, 5.74) is 3.32. The van der Waals surface area contributed by atoms with Crippen molar-refractivity contribution in [1.29, 1.82) is 0 Å². The van der Waals surface area contributed by atoms with E-state index in [9.17, 15) is 13.2 Å². The molecule has 0 atom stereocenters. The number of hydrogen-bond acceptors (Lipinski definition) is 1. The minimum Gasteiger partial charge on any atom is -0.381 e. The van der Waals surface area contributed by atoms with Gasteiger partial charge in [-0.05, 0) is 79.7 Å². The van der Waals surface area contributed by atoms with Gasteiger partial charge in [0.15, 0.2) is 11.6 Å². The van der Waals surface area contributed by atoms with Crippen molar-refractivity contribution in [3.8, 4) is 22.3 Å². The predicted octanol–water partition coefficient (Wildman–Crippen LogP) is 8.06. The molecule has 0 aromatic heterocycles. The Kier molecular flexibility index (Phi) is 7.00. The van der Waals surface area contributed by atoms with Crippen LogP contribution >= 0.6 is 0 Å². The molecule has 0 unspecified atom stereocenters. The monoisotopic (exact) mass is 438 g/mol. The number of rotatable bonds is 6. The molecule has 1 aliphatic carbocycles. The second-order valence-electron chi connectivity index (χ2n) is 8.75. The van der Waals surface area contributed by atoms with E-state index in [-0.39, 0.29) is 16.9 Å². The molecule has 0 bridgehead atoms. The van der Waals surface area contributed by atoms with Crippen LogP contribution in [0.2, 0.25) is 0 Å². The lowest BCUT2D eigenvalue weighted by Gasteiger charge is -2.28. The SMILES string of the molecule is CCOCC1CCC(c2ccc(-c3ccc(-c4ccc(C)c(F)c4F)cc3)c(F)c2)CC1. The van der Waals surface area contributed by atoms with Crippen molar-refractivity contribution in [3.63, 3.8) is 0 Å². The van der Waals surface area contributed by atoms with Crippen molar-refractivity contribution in [2.24, 2.45) is 5.92 Å². The van der Waals surface area contributed by atoms with Crippen LogP contribution in [0.3, 0.4) is 0 Å². The first-order chi connectivity index (χ1) is 15.5. The lowest BCUT2D eigenvalue weighted by molar-refractivity contribution is 0.0920. The molecule has 4 rings (SSSR count). The molecule has 1 saturated carbocycles. The third-order valence-electron chi connectivity index (χ3n) is 6.65. The largest absolute Gasteiger partial charge is 0.381 e. The Morgan fingerprint density at radius 1 is 0.781 bits per heavy atom. The van der Waals surface area contributed by atoms with Crippen LogP contribution in [0.15, 0.2) is 54.6 Å². The maximum absolute atomic E-state index is 15.0. The summed E-state index contributed by atoms with van der Waals surface area (Å²) in [4.78, 5) is 0. The molecular weight excluding hydrogens is 409 g/mol. The normalized spacial score (nSPS) is 18.7. The van der Waals surface area contributed by atoms with Crippen LogP contribution in [0, 0.1) is 30.3 Å². The second kappa shape index (κ2) is 9.91. The summed E-state index contributed by atoms with van der Waals surface area (Å²) in [6.07, 6.45) is 4.35. The van der Waals surface area contributed by atoms with E-state index in [0.717, 1.165) is 44.5 Å². The molecule has 0 radical (unpaired) electrons. The maximum atomic E-state index is 15.0. The standard InChI is InChI=1S/C28H29F3O/c1-3-32-17-19-5-7-20(8-6-19)23-13-15-24(26(29)16-23)21-9-11-22(12-10-21)25-14-4-18(2)27(30)28(25)31/h4,9-16,19-20H,3,5-8,17H2,1-2H3. The molecule has 1 nitrogen and oxygen atoms in total. The van der Waals surface area contributed by atoms with Gasteiger partial charge >= 0.3 is 0 Å². The minimum absolute atomic E-state index is 0.204. The van der Waals surface area contributed by atoms with Gasteiger partial charge in [-0.2, -0.15) is 0 Å². The zero-order chi connectivity index (χ0) is 22.7. The smallest absolute Gasteiger partial charge is 0.166 e. The number of aryl methyl sites for hydroxylation is 1. The number of hydrogen-bond donors (Lipinski definition) is 0. The first kappa shape index (κ1) is 22.6. The van der Waals surface area contributed by atoms with Crippen molar-refractivity contribution >= 4 is 0 Å². The molecule has 0 saturated heterocycles. The maximum Gasteiger partial charge on any atom is 0.166 e. The summed E-state index contributed by atoms with van der Waals surface area (Å²) in [6, 6.07) is 15.6. The first-order valence-electron chi connectivity index (χ1n) is 11.4.